The molecule has 0 radical (unpaired) electrons. The molecular weight excluding hydrogens is 380 g/mol. The molecule has 124 valence electrons. The van der Waals surface area contributed by atoms with Crippen molar-refractivity contribution >= 4 is 51.0 Å². The Morgan fingerprint density at radius 2 is 1.95 bits per heavy atom. The van der Waals surface area contributed by atoms with Crippen molar-refractivity contribution in [2.24, 2.45) is 0 Å². The Hall–Kier alpha value is -0.200. The van der Waals surface area contributed by atoms with Crippen LogP contribution in [0.25, 0.3) is 0 Å². The van der Waals surface area contributed by atoms with Crippen LogP contribution in [0.4, 0.5) is 5.69 Å². The van der Waals surface area contributed by atoms with Crippen LogP contribution < -0.4 is 5.32 Å². The largest absolute Gasteiger partial charge is 0.323 e. The molecule has 0 saturated heterocycles. The lowest BCUT2D eigenvalue weighted by atomic mass is 10.2. The van der Waals surface area contributed by atoms with E-state index < -0.39 is 0 Å². The summed E-state index contributed by atoms with van der Waals surface area (Å²) in [6.45, 7) is 6.23. The summed E-state index contributed by atoms with van der Waals surface area (Å²) in [4.78, 5) is 17.9. The van der Waals surface area contributed by atoms with Crippen LogP contribution in [0, 0.1) is 6.92 Å². The lowest BCUT2D eigenvalue weighted by Gasteiger charge is -2.15. The van der Waals surface area contributed by atoms with Gasteiger partial charge in [0, 0.05) is 22.3 Å². The summed E-state index contributed by atoms with van der Waals surface area (Å²) < 4.78 is 0. The highest BCUT2D eigenvalue weighted by Crippen LogP contribution is 2.35. The third-order valence-electron chi connectivity index (χ3n) is 2.96. The molecule has 1 heterocycles. The Morgan fingerprint density at radius 3 is 2.59 bits per heavy atom. The molecule has 22 heavy (non-hydrogen) atoms. The fourth-order valence-corrected chi connectivity index (χ4v) is 4.11. The van der Waals surface area contributed by atoms with Crippen LogP contribution in [0.2, 0.25) is 0 Å². The fraction of sp³-hybridized carbons (Fsp3) is 0.625. The van der Waals surface area contributed by atoms with Crippen molar-refractivity contribution in [1.82, 2.24) is 4.98 Å². The van der Waals surface area contributed by atoms with E-state index in [1.54, 1.807) is 23.5 Å². The Kier molecular flexibility index (Phi) is 10.2. The van der Waals surface area contributed by atoms with Crippen LogP contribution in [0.3, 0.4) is 0 Å². The maximum Gasteiger partial charge on any atom is 0.224 e. The SMILES string of the molecule is CCSc1cc(C)nc(SCC)c1NC(=O)CCCCCBr. The summed E-state index contributed by atoms with van der Waals surface area (Å²) in [6.07, 6.45) is 3.71. The molecule has 6 heteroatoms. The van der Waals surface area contributed by atoms with Gasteiger partial charge in [0.1, 0.15) is 5.03 Å². The zero-order valence-electron chi connectivity index (χ0n) is 13.6. The predicted molar refractivity (Wildman–Crippen MR) is 103 cm³/mol. The minimum Gasteiger partial charge on any atom is -0.323 e. The minimum atomic E-state index is 0.0936. The highest BCUT2D eigenvalue weighted by Gasteiger charge is 2.14. The van der Waals surface area contributed by atoms with E-state index in [-0.39, 0.29) is 5.91 Å². The normalized spacial score (nSPS) is 10.7. The number of nitrogens with one attached hydrogen (secondary N) is 1. The molecule has 1 amide bonds. The third kappa shape index (κ3) is 6.92. The molecule has 0 aliphatic heterocycles. The van der Waals surface area contributed by atoms with E-state index in [0.717, 1.165) is 57.4 Å². The highest BCUT2D eigenvalue weighted by molar-refractivity contribution is 9.09. The molecule has 0 bridgehead atoms. The second kappa shape index (κ2) is 11.4. The highest BCUT2D eigenvalue weighted by atomic mass is 79.9. The molecule has 0 fully saturated rings. The molecule has 0 aromatic carbocycles. The van der Waals surface area contributed by atoms with Gasteiger partial charge in [-0.25, -0.2) is 4.98 Å². The van der Waals surface area contributed by atoms with Gasteiger partial charge >= 0.3 is 0 Å². The predicted octanol–water partition coefficient (Wildman–Crippen LogP) is 5.51. The number of hydrogen-bond acceptors (Lipinski definition) is 4. The Morgan fingerprint density at radius 1 is 1.23 bits per heavy atom. The smallest absolute Gasteiger partial charge is 0.224 e. The summed E-state index contributed by atoms with van der Waals surface area (Å²) in [6, 6.07) is 2.06. The molecule has 3 nitrogen and oxygen atoms in total. The van der Waals surface area contributed by atoms with E-state index in [0.29, 0.717) is 6.42 Å². The maximum absolute atomic E-state index is 12.2. The average Bonchev–Trinajstić information content (AvgIpc) is 2.47. The first-order chi connectivity index (χ1) is 10.6. The van der Waals surface area contributed by atoms with Crippen LogP contribution in [0.15, 0.2) is 16.0 Å². The molecule has 1 aromatic heterocycles. The first kappa shape index (κ1) is 19.8. The summed E-state index contributed by atoms with van der Waals surface area (Å²) >= 11 is 6.86. The third-order valence-corrected chi connectivity index (χ3v) is 5.30. The van der Waals surface area contributed by atoms with Gasteiger partial charge in [-0.1, -0.05) is 36.2 Å². The van der Waals surface area contributed by atoms with Crippen molar-refractivity contribution in [3.8, 4) is 0 Å². The van der Waals surface area contributed by atoms with E-state index in [1.165, 1.54) is 0 Å². The average molecular weight is 405 g/mol. The van der Waals surface area contributed by atoms with Crippen molar-refractivity contribution in [3.63, 3.8) is 0 Å². The molecule has 0 saturated carbocycles. The number of alkyl halides is 1. The van der Waals surface area contributed by atoms with Crippen LogP contribution in [0.1, 0.15) is 45.2 Å². The zero-order valence-corrected chi connectivity index (χ0v) is 16.8. The van der Waals surface area contributed by atoms with Gasteiger partial charge in [-0.3, -0.25) is 4.79 Å². The van der Waals surface area contributed by atoms with Gasteiger partial charge in [0.15, 0.2) is 0 Å². The van der Waals surface area contributed by atoms with Crippen molar-refractivity contribution in [1.29, 1.82) is 0 Å². The first-order valence-corrected chi connectivity index (χ1v) is 10.8. The van der Waals surface area contributed by atoms with Crippen molar-refractivity contribution in [2.75, 3.05) is 22.2 Å². The summed E-state index contributed by atoms with van der Waals surface area (Å²) in [5.74, 6) is 2.02. The number of amides is 1. The van der Waals surface area contributed by atoms with Crippen molar-refractivity contribution in [2.45, 2.75) is 56.4 Å². The lowest BCUT2D eigenvalue weighted by Crippen LogP contribution is -2.13. The van der Waals surface area contributed by atoms with E-state index in [2.05, 4.69) is 46.1 Å². The molecule has 1 rings (SSSR count). The number of carbonyl (C=O) groups excluding carboxylic acids is 1. The van der Waals surface area contributed by atoms with E-state index in [1.807, 2.05) is 6.92 Å². The van der Waals surface area contributed by atoms with Crippen LogP contribution in [0.5, 0.6) is 0 Å². The number of nitrogens with zero attached hydrogens (tertiary/aromatic N) is 1. The van der Waals surface area contributed by atoms with Gasteiger partial charge in [-0.2, -0.15) is 0 Å². The van der Waals surface area contributed by atoms with Gasteiger partial charge in [0.05, 0.1) is 5.69 Å². The zero-order chi connectivity index (χ0) is 16.4. The molecule has 1 N–H and O–H groups in total. The second-order valence-electron chi connectivity index (χ2n) is 4.86. The second-order valence-corrected chi connectivity index (χ2v) is 8.21. The number of rotatable bonds is 10. The summed E-state index contributed by atoms with van der Waals surface area (Å²) in [5.41, 5.74) is 1.90. The minimum absolute atomic E-state index is 0.0936. The maximum atomic E-state index is 12.2. The molecule has 0 atom stereocenters. The molecule has 0 aliphatic carbocycles. The fourth-order valence-electron chi connectivity index (χ4n) is 2.00. The van der Waals surface area contributed by atoms with Gasteiger partial charge in [0.2, 0.25) is 5.91 Å². The monoisotopic (exact) mass is 404 g/mol. The summed E-state index contributed by atoms with van der Waals surface area (Å²) in [7, 11) is 0. The van der Waals surface area contributed by atoms with Crippen molar-refractivity contribution < 1.29 is 4.79 Å². The number of thioether (sulfide) groups is 2. The van der Waals surface area contributed by atoms with Crippen LogP contribution >= 0.6 is 39.5 Å². The Bertz CT molecular complexity index is 456. The number of pyridine rings is 1. The molecule has 1 aromatic rings. The van der Waals surface area contributed by atoms with Gasteiger partial charge < -0.3 is 5.32 Å². The number of aromatic nitrogens is 1. The molecular formula is C16H25BrN2OS2. The summed E-state index contributed by atoms with van der Waals surface area (Å²) in [5, 5.41) is 5.04. The van der Waals surface area contributed by atoms with Gasteiger partial charge in [0.25, 0.3) is 0 Å². The number of aryl methyl sites for hydroxylation is 1. The Labute approximate surface area is 150 Å². The number of halogens is 1. The van der Waals surface area contributed by atoms with Crippen LogP contribution in [-0.4, -0.2) is 27.7 Å². The van der Waals surface area contributed by atoms with Crippen LogP contribution in [-0.2, 0) is 4.79 Å². The molecule has 0 unspecified atom stereocenters. The lowest BCUT2D eigenvalue weighted by molar-refractivity contribution is -0.116. The molecule has 0 spiro atoms. The van der Waals surface area contributed by atoms with E-state index >= 15 is 0 Å². The number of anilines is 1. The number of hydrogen-bond donors (Lipinski definition) is 1. The topological polar surface area (TPSA) is 42.0 Å². The first-order valence-electron chi connectivity index (χ1n) is 7.75. The standard InChI is InChI=1S/C16H25BrN2OS2/c1-4-21-13-11-12(3)18-16(22-5-2)15(13)19-14(20)9-7-6-8-10-17/h11H,4-10H2,1-3H3,(H,19,20). The molecule has 0 aliphatic rings. The van der Waals surface area contributed by atoms with Crippen molar-refractivity contribution in [3.05, 3.63) is 11.8 Å². The number of carbonyl (C=O) groups is 1. The van der Waals surface area contributed by atoms with E-state index in [4.69, 9.17) is 0 Å². The Balaban J connectivity index is 2.83. The quantitative estimate of drug-likeness (QED) is 0.317. The van der Waals surface area contributed by atoms with Gasteiger partial charge in [-0.05, 0) is 37.3 Å². The number of unbranched alkanes of at least 4 members (excludes halogenated alkanes) is 2. The van der Waals surface area contributed by atoms with E-state index in [9.17, 15) is 4.79 Å². The van der Waals surface area contributed by atoms with Gasteiger partial charge in [-0.15, -0.1) is 23.5 Å².